The molecule has 0 fully saturated rings. The molecule has 0 spiro atoms. The number of aromatic nitrogens is 3. The van der Waals surface area contributed by atoms with Gasteiger partial charge >= 0.3 is 0 Å². The van der Waals surface area contributed by atoms with Crippen molar-refractivity contribution in [3.05, 3.63) is 30.3 Å². The predicted molar refractivity (Wildman–Crippen MR) is 73.4 cm³/mol. The van der Waals surface area contributed by atoms with Crippen molar-refractivity contribution < 1.29 is 4.52 Å². The van der Waals surface area contributed by atoms with Crippen LogP contribution in [-0.4, -0.2) is 21.2 Å². The smallest absolute Gasteiger partial charge is 0.229 e. The second-order valence-corrected chi connectivity index (χ2v) is 4.98. The normalized spacial score (nSPS) is 14.3. The summed E-state index contributed by atoms with van der Waals surface area (Å²) < 4.78 is 5.31. The van der Waals surface area contributed by atoms with E-state index < -0.39 is 0 Å². The standard InChI is InChI=1S/C14H20N4O/c1-10(6-5-7-11(2)15)14-17-13(18-19-14)12-8-3-4-9-16-12/h3-4,8-11H,5-7,15H2,1-2H3. The molecular formula is C14H20N4O. The van der Waals surface area contributed by atoms with E-state index in [0.717, 1.165) is 25.0 Å². The molecule has 0 amide bonds. The Balaban J connectivity index is 1.97. The van der Waals surface area contributed by atoms with E-state index in [0.29, 0.717) is 11.7 Å². The first-order chi connectivity index (χ1) is 9.16. The number of pyridine rings is 1. The molecule has 0 bridgehead atoms. The van der Waals surface area contributed by atoms with Crippen LogP contribution in [-0.2, 0) is 0 Å². The van der Waals surface area contributed by atoms with Crippen molar-refractivity contribution in [2.75, 3.05) is 0 Å². The van der Waals surface area contributed by atoms with Crippen LogP contribution in [0.4, 0.5) is 0 Å². The zero-order chi connectivity index (χ0) is 13.7. The second kappa shape index (κ2) is 6.43. The summed E-state index contributed by atoms with van der Waals surface area (Å²) >= 11 is 0. The third-order valence-corrected chi connectivity index (χ3v) is 3.05. The minimum Gasteiger partial charge on any atom is -0.339 e. The van der Waals surface area contributed by atoms with E-state index >= 15 is 0 Å². The average Bonchev–Trinajstić information content (AvgIpc) is 2.89. The minimum absolute atomic E-state index is 0.249. The van der Waals surface area contributed by atoms with E-state index in [2.05, 4.69) is 22.0 Å². The summed E-state index contributed by atoms with van der Waals surface area (Å²) in [5.41, 5.74) is 6.47. The van der Waals surface area contributed by atoms with Crippen LogP contribution < -0.4 is 5.73 Å². The molecule has 102 valence electrons. The molecule has 2 atom stereocenters. The van der Waals surface area contributed by atoms with Gasteiger partial charge in [-0.1, -0.05) is 24.6 Å². The van der Waals surface area contributed by atoms with Crippen molar-refractivity contribution in [2.45, 2.75) is 45.1 Å². The van der Waals surface area contributed by atoms with Gasteiger partial charge in [-0.2, -0.15) is 4.98 Å². The third-order valence-electron chi connectivity index (χ3n) is 3.05. The number of hydrogen-bond acceptors (Lipinski definition) is 5. The zero-order valence-electron chi connectivity index (χ0n) is 11.4. The second-order valence-electron chi connectivity index (χ2n) is 4.98. The van der Waals surface area contributed by atoms with Crippen LogP contribution in [0, 0.1) is 0 Å². The fraction of sp³-hybridized carbons (Fsp3) is 0.500. The maximum Gasteiger partial charge on any atom is 0.229 e. The number of nitrogens with two attached hydrogens (primary N) is 1. The van der Waals surface area contributed by atoms with Crippen LogP contribution in [0.3, 0.4) is 0 Å². The SMILES string of the molecule is CC(N)CCCC(C)c1nc(-c2ccccn2)no1. The number of rotatable bonds is 6. The molecule has 2 unspecified atom stereocenters. The lowest BCUT2D eigenvalue weighted by molar-refractivity contribution is 0.349. The zero-order valence-corrected chi connectivity index (χ0v) is 11.4. The highest BCUT2D eigenvalue weighted by atomic mass is 16.5. The Morgan fingerprint density at radius 3 is 2.79 bits per heavy atom. The molecule has 0 aliphatic carbocycles. The van der Waals surface area contributed by atoms with E-state index in [1.165, 1.54) is 0 Å². The molecule has 0 aromatic carbocycles. The summed E-state index contributed by atoms with van der Waals surface area (Å²) in [4.78, 5) is 8.61. The van der Waals surface area contributed by atoms with E-state index in [4.69, 9.17) is 10.3 Å². The third kappa shape index (κ3) is 3.86. The maximum atomic E-state index is 5.74. The molecule has 0 saturated carbocycles. The molecule has 2 N–H and O–H groups in total. The summed E-state index contributed by atoms with van der Waals surface area (Å²) in [5.74, 6) is 1.48. The van der Waals surface area contributed by atoms with Crippen molar-refractivity contribution in [3.8, 4) is 11.5 Å². The Labute approximate surface area is 113 Å². The van der Waals surface area contributed by atoms with E-state index in [1.54, 1.807) is 6.20 Å². The van der Waals surface area contributed by atoms with Gasteiger partial charge in [0.05, 0.1) is 0 Å². The molecule has 2 heterocycles. The predicted octanol–water partition coefficient (Wildman–Crippen LogP) is 2.75. The van der Waals surface area contributed by atoms with Gasteiger partial charge in [0.1, 0.15) is 5.69 Å². The van der Waals surface area contributed by atoms with Crippen LogP contribution in [0.5, 0.6) is 0 Å². The fourth-order valence-corrected chi connectivity index (χ4v) is 1.90. The van der Waals surface area contributed by atoms with E-state index in [-0.39, 0.29) is 12.0 Å². The maximum absolute atomic E-state index is 5.74. The highest BCUT2D eigenvalue weighted by Crippen LogP contribution is 2.22. The summed E-state index contributed by atoms with van der Waals surface area (Å²) in [6.07, 6.45) is 4.81. The summed E-state index contributed by atoms with van der Waals surface area (Å²) in [6.45, 7) is 4.12. The first kappa shape index (κ1) is 13.7. The first-order valence-corrected chi connectivity index (χ1v) is 6.67. The van der Waals surface area contributed by atoms with Crippen molar-refractivity contribution in [1.82, 2.24) is 15.1 Å². The van der Waals surface area contributed by atoms with Crippen LogP contribution in [0.2, 0.25) is 0 Å². The van der Waals surface area contributed by atoms with E-state index in [9.17, 15) is 0 Å². The number of hydrogen-bond donors (Lipinski definition) is 1. The Morgan fingerprint density at radius 2 is 2.11 bits per heavy atom. The van der Waals surface area contributed by atoms with E-state index in [1.807, 2.05) is 25.1 Å². The van der Waals surface area contributed by atoms with Crippen LogP contribution in [0.1, 0.15) is 44.9 Å². The van der Waals surface area contributed by atoms with Crippen LogP contribution in [0.25, 0.3) is 11.5 Å². The van der Waals surface area contributed by atoms with Gasteiger partial charge in [0.2, 0.25) is 11.7 Å². The Bertz CT molecular complexity index is 495. The van der Waals surface area contributed by atoms with Gasteiger partial charge in [-0.3, -0.25) is 4.98 Å². The van der Waals surface area contributed by atoms with Gasteiger partial charge in [-0.25, -0.2) is 0 Å². The number of nitrogens with zero attached hydrogens (tertiary/aromatic N) is 3. The van der Waals surface area contributed by atoms with Crippen molar-refractivity contribution >= 4 is 0 Å². The van der Waals surface area contributed by atoms with Crippen molar-refractivity contribution in [1.29, 1.82) is 0 Å². The van der Waals surface area contributed by atoms with Gasteiger partial charge in [-0.15, -0.1) is 0 Å². The topological polar surface area (TPSA) is 77.8 Å². The van der Waals surface area contributed by atoms with Crippen molar-refractivity contribution in [3.63, 3.8) is 0 Å². The highest BCUT2D eigenvalue weighted by Gasteiger charge is 2.15. The summed E-state index contributed by atoms with van der Waals surface area (Å²) in [7, 11) is 0. The average molecular weight is 260 g/mol. The molecule has 5 nitrogen and oxygen atoms in total. The Kier molecular flexibility index (Phi) is 4.63. The largest absolute Gasteiger partial charge is 0.339 e. The lowest BCUT2D eigenvalue weighted by Crippen LogP contribution is -2.14. The van der Waals surface area contributed by atoms with Crippen LogP contribution >= 0.6 is 0 Å². The molecule has 0 aliphatic heterocycles. The molecular weight excluding hydrogens is 240 g/mol. The van der Waals surface area contributed by atoms with Gasteiger partial charge in [0.15, 0.2) is 0 Å². The minimum atomic E-state index is 0.249. The van der Waals surface area contributed by atoms with Gasteiger partial charge in [-0.05, 0) is 31.9 Å². The van der Waals surface area contributed by atoms with Gasteiger partial charge in [0.25, 0.3) is 0 Å². The van der Waals surface area contributed by atoms with Crippen molar-refractivity contribution in [2.24, 2.45) is 5.73 Å². The summed E-state index contributed by atoms with van der Waals surface area (Å²) in [6, 6.07) is 5.89. The summed E-state index contributed by atoms with van der Waals surface area (Å²) in [5, 5.41) is 3.98. The lowest BCUT2D eigenvalue weighted by Gasteiger charge is -2.07. The Hall–Kier alpha value is -1.75. The molecule has 5 heteroatoms. The Morgan fingerprint density at radius 1 is 1.26 bits per heavy atom. The molecule has 2 aromatic rings. The molecule has 2 aromatic heterocycles. The molecule has 2 rings (SSSR count). The van der Waals surface area contributed by atoms with Gasteiger partial charge in [0, 0.05) is 18.2 Å². The monoisotopic (exact) mass is 260 g/mol. The molecule has 0 radical (unpaired) electrons. The van der Waals surface area contributed by atoms with Gasteiger partial charge < -0.3 is 10.3 Å². The highest BCUT2D eigenvalue weighted by molar-refractivity contribution is 5.47. The lowest BCUT2D eigenvalue weighted by atomic mass is 10.0. The molecule has 19 heavy (non-hydrogen) atoms. The quantitative estimate of drug-likeness (QED) is 0.864. The van der Waals surface area contributed by atoms with Crippen LogP contribution in [0.15, 0.2) is 28.9 Å². The molecule has 0 aliphatic rings. The first-order valence-electron chi connectivity index (χ1n) is 6.67. The fourth-order valence-electron chi connectivity index (χ4n) is 1.90. The molecule has 0 saturated heterocycles.